The molecule has 0 aromatic rings. The topological polar surface area (TPSA) is 9.23 Å². The van der Waals surface area contributed by atoms with Gasteiger partial charge in [0.25, 0.3) is 0 Å². The Balaban J connectivity index is 3.04. The summed E-state index contributed by atoms with van der Waals surface area (Å²) in [5.74, 6) is 2.37. The van der Waals surface area contributed by atoms with Crippen molar-refractivity contribution in [3.8, 4) is 12.3 Å². The second-order valence-corrected chi connectivity index (χ2v) is 1.22. The van der Waals surface area contributed by atoms with Gasteiger partial charge in [-0.25, -0.2) is 0 Å². The maximum atomic E-state index is 4.89. The molecule has 0 aliphatic heterocycles. The van der Waals surface area contributed by atoms with E-state index in [1.807, 2.05) is 0 Å². The number of hydrogen-bond donors (Lipinski definition) is 0. The molecule has 0 aliphatic rings. The largest absolute Gasteiger partial charge is 0.350 e. The van der Waals surface area contributed by atoms with Crippen LogP contribution >= 0.6 is 9.47 Å². The van der Waals surface area contributed by atoms with E-state index in [1.54, 1.807) is 6.92 Å². The standard InChI is InChI=1S/C4H7OP/c1-3-4(2)5-6/h1,4H,6H2,2H3. The average Bonchev–Trinajstić information content (AvgIpc) is 1.65. The minimum absolute atomic E-state index is 0.0741. The zero-order chi connectivity index (χ0) is 4.99. The molecule has 0 saturated carbocycles. The van der Waals surface area contributed by atoms with Crippen molar-refractivity contribution in [1.29, 1.82) is 0 Å². The van der Waals surface area contributed by atoms with Crippen LogP contribution in [0.15, 0.2) is 0 Å². The molecule has 0 rings (SSSR count). The molecule has 0 aromatic heterocycles. The van der Waals surface area contributed by atoms with E-state index < -0.39 is 0 Å². The van der Waals surface area contributed by atoms with Gasteiger partial charge in [-0.1, -0.05) is 5.92 Å². The van der Waals surface area contributed by atoms with Gasteiger partial charge in [-0.05, 0) is 6.92 Å². The van der Waals surface area contributed by atoms with Gasteiger partial charge < -0.3 is 4.52 Å². The van der Waals surface area contributed by atoms with Gasteiger partial charge in [0.05, 0.1) is 0 Å². The lowest BCUT2D eigenvalue weighted by atomic mass is 10.4. The fourth-order valence-electron chi connectivity index (χ4n) is 0.0393. The molecule has 2 heteroatoms. The Hall–Kier alpha value is -0.0500. The highest BCUT2D eigenvalue weighted by Gasteiger charge is 1.84. The van der Waals surface area contributed by atoms with Gasteiger partial charge in [0.15, 0.2) is 0 Å². The summed E-state index contributed by atoms with van der Waals surface area (Å²) in [5, 5.41) is 0. The molecule has 6 heavy (non-hydrogen) atoms. The summed E-state index contributed by atoms with van der Waals surface area (Å²) in [5.41, 5.74) is 0. The summed E-state index contributed by atoms with van der Waals surface area (Å²) in [7, 11) is 2.10. The van der Waals surface area contributed by atoms with Gasteiger partial charge >= 0.3 is 0 Å². The van der Waals surface area contributed by atoms with Crippen molar-refractivity contribution in [1.82, 2.24) is 0 Å². The molecular weight excluding hydrogens is 95.0 g/mol. The Morgan fingerprint density at radius 2 is 2.50 bits per heavy atom. The smallest absolute Gasteiger partial charge is 0.118 e. The highest BCUT2D eigenvalue weighted by atomic mass is 31.0. The van der Waals surface area contributed by atoms with Crippen molar-refractivity contribution in [2.75, 3.05) is 0 Å². The van der Waals surface area contributed by atoms with Crippen molar-refractivity contribution < 1.29 is 4.52 Å². The van der Waals surface area contributed by atoms with E-state index >= 15 is 0 Å². The minimum Gasteiger partial charge on any atom is -0.350 e. The average molecular weight is 102 g/mol. The SMILES string of the molecule is C#CC(C)OP. The Bertz CT molecular complexity index is 64.4. The summed E-state index contributed by atoms with van der Waals surface area (Å²) in [6.45, 7) is 1.80. The van der Waals surface area contributed by atoms with Crippen LogP contribution in [0.2, 0.25) is 0 Å². The molecule has 1 nitrogen and oxygen atoms in total. The quantitative estimate of drug-likeness (QED) is 0.351. The third kappa shape index (κ3) is 2.20. The lowest BCUT2D eigenvalue weighted by molar-refractivity contribution is 0.329. The van der Waals surface area contributed by atoms with Crippen molar-refractivity contribution in [3.05, 3.63) is 0 Å². The molecule has 2 unspecified atom stereocenters. The first-order valence-corrected chi connectivity index (χ1v) is 2.10. The maximum absolute atomic E-state index is 4.89. The second-order valence-electron chi connectivity index (χ2n) is 0.945. The maximum Gasteiger partial charge on any atom is 0.118 e. The molecule has 0 bridgehead atoms. The zero-order valence-corrected chi connectivity index (χ0v) is 4.79. The molecule has 0 aromatic carbocycles. The van der Waals surface area contributed by atoms with E-state index in [4.69, 9.17) is 6.42 Å². The third-order valence-electron chi connectivity index (χ3n) is 0.439. The molecule has 0 radical (unpaired) electrons. The molecule has 0 saturated heterocycles. The van der Waals surface area contributed by atoms with Crippen LogP contribution < -0.4 is 0 Å². The Morgan fingerprint density at radius 3 is 2.50 bits per heavy atom. The van der Waals surface area contributed by atoms with Gasteiger partial charge in [0.1, 0.15) is 6.10 Å². The number of hydrogen-bond acceptors (Lipinski definition) is 1. The monoisotopic (exact) mass is 102 g/mol. The van der Waals surface area contributed by atoms with E-state index in [-0.39, 0.29) is 6.10 Å². The van der Waals surface area contributed by atoms with Crippen molar-refractivity contribution >= 4 is 9.47 Å². The Labute approximate surface area is 40.4 Å². The van der Waals surface area contributed by atoms with E-state index in [2.05, 4.69) is 19.9 Å². The van der Waals surface area contributed by atoms with Crippen molar-refractivity contribution in [2.24, 2.45) is 0 Å². The van der Waals surface area contributed by atoms with E-state index in [0.29, 0.717) is 0 Å². The van der Waals surface area contributed by atoms with Crippen LogP contribution in [0.4, 0.5) is 0 Å². The molecule has 2 atom stereocenters. The normalized spacial score (nSPS) is 12.8. The van der Waals surface area contributed by atoms with Gasteiger partial charge in [-0.2, -0.15) is 0 Å². The molecule has 0 aliphatic carbocycles. The number of rotatable bonds is 1. The summed E-state index contributed by atoms with van der Waals surface area (Å²) in [6.07, 6.45) is 4.82. The molecule has 0 N–H and O–H groups in total. The third-order valence-corrected chi connectivity index (χ3v) is 0.847. The van der Waals surface area contributed by atoms with Crippen LogP contribution in [0.1, 0.15) is 6.92 Å². The predicted octanol–water partition coefficient (Wildman–Crippen LogP) is 0.815. The molecular formula is C4H7OP. The summed E-state index contributed by atoms with van der Waals surface area (Å²) in [4.78, 5) is 0. The summed E-state index contributed by atoms with van der Waals surface area (Å²) >= 11 is 0. The first-order valence-electron chi connectivity index (χ1n) is 1.63. The van der Waals surface area contributed by atoms with Crippen molar-refractivity contribution in [3.63, 3.8) is 0 Å². The van der Waals surface area contributed by atoms with Gasteiger partial charge in [0.2, 0.25) is 0 Å². The first kappa shape index (κ1) is 5.95. The zero-order valence-electron chi connectivity index (χ0n) is 3.64. The van der Waals surface area contributed by atoms with Crippen LogP contribution in [0.3, 0.4) is 0 Å². The fraction of sp³-hybridized carbons (Fsp3) is 0.500. The van der Waals surface area contributed by atoms with E-state index in [9.17, 15) is 0 Å². The van der Waals surface area contributed by atoms with Gasteiger partial charge in [-0.15, -0.1) is 6.42 Å². The lowest BCUT2D eigenvalue weighted by Crippen LogP contribution is -1.92. The number of terminal acetylenes is 1. The van der Waals surface area contributed by atoms with Crippen LogP contribution in [0, 0.1) is 12.3 Å². The molecule has 0 amide bonds. The highest BCUT2D eigenvalue weighted by Crippen LogP contribution is 1.91. The lowest BCUT2D eigenvalue weighted by Gasteiger charge is -1.94. The Morgan fingerprint density at radius 1 is 2.00 bits per heavy atom. The van der Waals surface area contributed by atoms with Crippen LogP contribution in [0.25, 0.3) is 0 Å². The predicted molar refractivity (Wildman–Crippen MR) is 29.1 cm³/mol. The molecule has 34 valence electrons. The fourth-order valence-corrected chi connectivity index (χ4v) is 0.118. The molecule has 0 spiro atoms. The van der Waals surface area contributed by atoms with Gasteiger partial charge in [0, 0.05) is 9.47 Å². The van der Waals surface area contributed by atoms with Gasteiger partial charge in [-0.3, -0.25) is 0 Å². The molecule has 0 fully saturated rings. The highest BCUT2D eigenvalue weighted by molar-refractivity contribution is 7.09. The second kappa shape index (κ2) is 3.15. The van der Waals surface area contributed by atoms with E-state index in [1.165, 1.54) is 0 Å². The van der Waals surface area contributed by atoms with Crippen LogP contribution in [-0.2, 0) is 4.52 Å². The summed E-state index contributed by atoms with van der Waals surface area (Å²) < 4.78 is 4.58. The molecule has 0 heterocycles. The minimum atomic E-state index is -0.0741. The van der Waals surface area contributed by atoms with Crippen LogP contribution in [-0.4, -0.2) is 6.10 Å². The van der Waals surface area contributed by atoms with Crippen molar-refractivity contribution in [2.45, 2.75) is 13.0 Å². The Kier molecular flexibility index (Phi) is 3.13. The van der Waals surface area contributed by atoms with Crippen LogP contribution in [0.5, 0.6) is 0 Å². The van der Waals surface area contributed by atoms with E-state index in [0.717, 1.165) is 0 Å². The summed E-state index contributed by atoms with van der Waals surface area (Å²) in [6, 6.07) is 0. The first-order chi connectivity index (χ1) is 2.81.